The van der Waals surface area contributed by atoms with Gasteiger partial charge < -0.3 is 4.90 Å². The molecule has 0 aromatic carbocycles. The van der Waals surface area contributed by atoms with Crippen LogP contribution in [0.2, 0.25) is 0 Å². The zero-order chi connectivity index (χ0) is 16.0. The number of piperidine rings is 1. The van der Waals surface area contributed by atoms with Crippen molar-refractivity contribution in [2.45, 2.75) is 50.3 Å². The van der Waals surface area contributed by atoms with E-state index in [0.717, 1.165) is 24.5 Å². The van der Waals surface area contributed by atoms with E-state index in [-0.39, 0.29) is 10.9 Å². The molecule has 23 heavy (non-hydrogen) atoms. The molecule has 1 aliphatic heterocycles. The minimum Gasteiger partial charge on any atom is -0.356 e. The van der Waals surface area contributed by atoms with Crippen molar-refractivity contribution in [1.29, 1.82) is 0 Å². The number of hydrogen-bond donors (Lipinski definition) is 0. The lowest BCUT2D eigenvalue weighted by atomic mass is 10.1. The molecule has 0 bridgehead atoms. The van der Waals surface area contributed by atoms with Crippen molar-refractivity contribution < 1.29 is 0 Å². The first-order valence-corrected chi connectivity index (χ1v) is 9.03. The van der Waals surface area contributed by atoms with Gasteiger partial charge in [-0.1, -0.05) is 0 Å². The van der Waals surface area contributed by atoms with E-state index >= 15 is 0 Å². The highest BCUT2D eigenvalue weighted by atomic mass is 35.5. The van der Waals surface area contributed by atoms with E-state index < -0.39 is 0 Å². The Balaban J connectivity index is 1.88. The van der Waals surface area contributed by atoms with E-state index in [0.29, 0.717) is 11.6 Å². The summed E-state index contributed by atoms with van der Waals surface area (Å²) in [6, 6.07) is 3.83. The molecule has 1 aliphatic carbocycles. The number of halogens is 1. The van der Waals surface area contributed by atoms with Crippen molar-refractivity contribution in [1.82, 2.24) is 9.38 Å². The fraction of sp³-hybridized carbons (Fsp3) is 0.556. The quantitative estimate of drug-likeness (QED) is 0.801. The number of alkyl halides is 1. The summed E-state index contributed by atoms with van der Waals surface area (Å²) in [5.41, 5.74) is 2.89. The molecular weight excluding hydrogens is 310 g/mol. The van der Waals surface area contributed by atoms with Gasteiger partial charge in [0, 0.05) is 30.9 Å². The third-order valence-corrected chi connectivity index (χ3v) is 5.19. The van der Waals surface area contributed by atoms with Crippen LogP contribution >= 0.6 is 11.6 Å². The number of pyridine rings is 1. The fourth-order valence-corrected chi connectivity index (χ4v) is 3.62. The van der Waals surface area contributed by atoms with Gasteiger partial charge in [-0.25, -0.2) is 4.98 Å². The monoisotopic (exact) mass is 331 g/mol. The van der Waals surface area contributed by atoms with E-state index in [4.69, 9.17) is 16.6 Å². The zero-order valence-corrected chi connectivity index (χ0v) is 14.2. The minimum atomic E-state index is -0.160. The lowest BCUT2D eigenvalue weighted by Crippen LogP contribution is -2.32. The fourth-order valence-electron chi connectivity index (χ4n) is 3.46. The summed E-state index contributed by atoms with van der Waals surface area (Å²) in [4.78, 5) is 19.7. The lowest BCUT2D eigenvalue weighted by Gasteiger charge is -2.28. The number of nitrogens with zero attached hydrogens (tertiary/aromatic N) is 3. The Kier molecular flexibility index (Phi) is 3.80. The molecule has 1 saturated carbocycles. The topological polar surface area (TPSA) is 37.6 Å². The van der Waals surface area contributed by atoms with Crippen molar-refractivity contribution in [2.75, 3.05) is 18.0 Å². The van der Waals surface area contributed by atoms with E-state index in [9.17, 15) is 4.79 Å². The maximum atomic E-state index is 12.7. The number of rotatable bonds is 3. The normalized spacial score (nSPS) is 20.0. The van der Waals surface area contributed by atoms with Crippen LogP contribution in [0.3, 0.4) is 0 Å². The third kappa shape index (κ3) is 2.85. The summed E-state index contributed by atoms with van der Waals surface area (Å²) in [5.74, 6) is 1.38. The first kappa shape index (κ1) is 15.0. The van der Waals surface area contributed by atoms with Gasteiger partial charge in [-0.3, -0.25) is 9.20 Å². The molecule has 1 saturated heterocycles. The summed E-state index contributed by atoms with van der Waals surface area (Å²) in [6.45, 7) is 3.91. The zero-order valence-electron chi connectivity index (χ0n) is 13.5. The summed E-state index contributed by atoms with van der Waals surface area (Å²) in [6.07, 6.45) is 7.97. The average Bonchev–Trinajstić information content (AvgIpc) is 3.39. The van der Waals surface area contributed by atoms with Crippen LogP contribution in [0.1, 0.15) is 61.4 Å². The smallest absolute Gasteiger partial charge is 0.259 e. The second-order valence-corrected chi connectivity index (χ2v) is 7.47. The average molecular weight is 332 g/mol. The van der Waals surface area contributed by atoms with Gasteiger partial charge in [-0.2, -0.15) is 0 Å². The molecular formula is C18H22ClN3O. The molecule has 4 rings (SSSR count). The highest BCUT2D eigenvalue weighted by Crippen LogP contribution is 2.41. The van der Waals surface area contributed by atoms with E-state index in [2.05, 4.69) is 11.0 Å². The molecule has 5 heteroatoms. The van der Waals surface area contributed by atoms with Gasteiger partial charge in [-0.15, -0.1) is 11.6 Å². The first-order valence-electron chi connectivity index (χ1n) is 8.60. The molecule has 0 radical (unpaired) electrons. The number of hydrogen-bond acceptors (Lipinski definition) is 3. The number of aromatic nitrogens is 2. The number of fused-ring (bicyclic) bond motifs is 1. The second-order valence-electron chi connectivity index (χ2n) is 6.81. The molecule has 3 heterocycles. The van der Waals surface area contributed by atoms with Crippen LogP contribution in [0, 0.1) is 0 Å². The summed E-state index contributed by atoms with van der Waals surface area (Å²) in [7, 11) is 0. The molecule has 2 aromatic heterocycles. The largest absolute Gasteiger partial charge is 0.356 e. The summed E-state index contributed by atoms with van der Waals surface area (Å²) in [5, 5.41) is -0.160. The van der Waals surface area contributed by atoms with Crippen molar-refractivity contribution in [3.63, 3.8) is 0 Å². The predicted molar refractivity (Wildman–Crippen MR) is 93.8 cm³/mol. The Bertz CT molecular complexity index is 789. The van der Waals surface area contributed by atoms with Crippen LogP contribution in [0.25, 0.3) is 5.65 Å². The van der Waals surface area contributed by atoms with Gasteiger partial charge in [-0.05, 0) is 56.6 Å². The van der Waals surface area contributed by atoms with E-state index in [1.165, 1.54) is 37.7 Å². The second kappa shape index (κ2) is 5.82. The Hall–Kier alpha value is -1.55. The van der Waals surface area contributed by atoms with Gasteiger partial charge >= 0.3 is 0 Å². The van der Waals surface area contributed by atoms with Crippen LogP contribution < -0.4 is 10.5 Å². The van der Waals surface area contributed by atoms with Crippen LogP contribution in [0.4, 0.5) is 5.82 Å². The van der Waals surface area contributed by atoms with Crippen molar-refractivity contribution in [3.05, 3.63) is 39.8 Å². The molecule has 2 fully saturated rings. The Labute approximate surface area is 141 Å². The first-order chi connectivity index (χ1) is 11.1. The predicted octanol–water partition coefficient (Wildman–Crippen LogP) is 3.86. The van der Waals surface area contributed by atoms with Crippen molar-refractivity contribution >= 4 is 23.1 Å². The molecule has 0 N–H and O–H groups in total. The molecule has 1 atom stereocenters. The van der Waals surface area contributed by atoms with Crippen LogP contribution in [0.5, 0.6) is 0 Å². The molecule has 2 aromatic rings. The minimum absolute atomic E-state index is 0.00311. The SMILES string of the molecule is CC(Cl)c1cc(C2CC2)cn2c(=O)cc(N3CCCCC3)nc12. The molecule has 4 nitrogen and oxygen atoms in total. The Morgan fingerprint density at radius 2 is 1.96 bits per heavy atom. The molecule has 122 valence electrons. The Morgan fingerprint density at radius 3 is 2.61 bits per heavy atom. The van der Waals surface area contributed by atoms with E-state index in [1.807, 2.05) is 13.1 Å². The Morgan fingerprint density at radius 1 is 1.22 bits per heavy atom. The van der Waals surface area contributed by atoms with Gasteiger partial charge in [0.15, 0.2) is 0 Å². The molecule has 0 spiro atoms. The highest BCUT2D eigenvalue weighted by Gasteiger charge is 2.26. The van der Waals surface area contributed by atoms with E-state index in [1.54, 1.807) is 10.5 Å². The summed E-state index contributed by atoms with van der Waals surface area (Å²) >= 11 is 6.40. The standard InChI is InChI=1S/C18H22ClN3O/c1-12(19)15-9-14(13-5-6-13)11-22-17(23)10-16(20-18(15)22)21-7-3-2-4-8-21/h9-13H,2-8H2,1H3. The van der Waals surface area contributed by atoms with Crippen LogP contribution in [-0.4, -0.2) is 22.5 Å². The molecule has 1 unspecified atom stereocenters. The van der Waals surface area contributed by atoms with Gasteiger partial charge in [0.2, 0.25) is 0 Å². The molecule has 0 amide bonds. The van der Waals surface area contributed by atoms with Crippen molar-refractivity contribution in [2.24, 2.45) is 0 Å². The van der Waals surface area contributed by atoms with Crippen LogP contribution in [-0.2, 0) is 0 Å². The highest BCUT2D eigenvalue weighted by molar-refractivity contribution is 6.21. The van der Waals surface area contributed by atoms with Crippen LogP contribution in [0.15, 0.2) is 23.1 Å². The number of anilines is 1. The van der Waals surface area contributed by atoms with Crippen molar-refractivity contribution in [3.8, 4) is 0 Å². The van der Waals surface area contributed by atoms with Gasteiger partial charge in [0.1, 0.15) is 11.5 Å². The lowest BCUT2D eigenvalue weighted by molar-refractivity contribution is 0.573. The molecule has 2 aliphatic rings. The van der Waals surface area contributed by atoms with Gasteiger partial charge in [0.25, 0.3) is 5.56 Å². The van der Waals surface area contributed by atoms with Gasteiger partial charge in [0.05, 0.1) is 5.38 Å². The summed E-state index contributed by atoms with van der Waals surface area (Å²) < 4.78 is 1.69. The maximum Gasteiger partial charge on any atom is 0.259 e. The third-order valence-electron chi connectivity index (χ3n) is 4.95. The maximum absolute atomic E-state index is 12.7.